The number of halogens is 1. The van der Waals surface area contributed by atoms with Gasteiger partial charge < -0.3 is 10.3 Å². The first-order valence-corrected chi connectivity index (χ1v) is 6.91. The molecule has 0 atom stereocenters. The highest BCUT2D eigenvalue weighted by molar-refractivity contribution is 6.31. The van der Waals surface area contributed by atoms with Crippen LogP contribution in [0.1, 0.15) is 18.2 Å². The molecule has 0 aliphatic heterocycles. The van der Waals surface area contributed by atoms with Crippen molar-refractivity contribution in [3.05, 3.63) is 52.8 Å². The monoisotopic (exact) mass is 286 g/mol. The highest BCUT2D eigenvalue weighted by atomic mass is 35.5. The number of pyridine rings is 1. The largest absolute Gasteiger partial charge is 0.369 e. The van der Waals surface area contributed by atoms with Crippen LogP contribution in [0.2, 0.25) is 5.02 Å². The van der Waals surface area contributed by atoms with Gasteiger partial charge in [0, 0.05) is 11.2 Å². The lowest BCUT2D eigenvalue weighted by Crippen LogP contribution is -2.08. The quantitative estimate of drug-likeness (QED) is 0.804. The molecule has 0 fully saturated rings. The molecule has 2 heterocycles. The molecule has 2 aromatic heterocycles. The predicted octanol–water partition coefficient (Wildman–Crippen LogP) is 3.28. The lowest BCUT2D eigenvalue weighted by molar-refractivity contribution is 0.793. The Balaban J connectivity index is 2.10. The zero-order chi connectivity index (χ0) is 14.1. The lowest BCUT2D eigenvalue weighted by Gasteiger charge is -2.09. The van der Waals surface area contributed by atoms with Gasteiger partial charge in [-0.25, -0.2) is 4.98 Å². The molecule has 0 amide bonds. The summed E-state index contributed by atoms with van der Waals surface area (Å²) in [6, 6.07) is 9.62. The van der Waals surface area contributed by atoms with Crippen molar-refractivity contribution in [3.63, 3.8) is 0 Å². The van der Waals surface area contributed by atoms with Gasteiger partial charge >= 0.3 is 0 Å². The van der Waals surface area contributed by atoms with Crippen LogP contribution in [-0.2, 0) is 13.0 Å². The Labute approximate surface area is 122 Å². The number of nitrogens with two attached hydrogens (primary N) is 1. The van der Waals surface area contributed by atoms with Gasteiger partial charge in [0.05, 0.1) is 23.3 Å². The van der Waals surface area contributed by atoms with E-state index in [4.69, 9.17) is 17.3 Å². The Morgan fingerprint density at radius 1 is 1.30 bits per heavy atom. The van der Waals surface area contributed by atoms with Crippen molar-refractivity contribution in [2.24, 2.45) is 0 Å². The van der Waals surface area contributed by atoms with Crippen molar-refractivity contribution in [2.45, 2.75) is 19.9 Å². The lowest BCUT2D eigenvalue weighted by atomic mass is 10.1. The van der Waals surface area contributed by atoms with Crippen LogP contribution in [0.4, 0.5) is 5.95 Å². The Hall–Kier alpha value is -2.07. The van der Waals surface area contributed by atoms with Crippen LogP contribution >= 0.6 is 11.6 Å². The number of hydrogen-bond donors (Lipinski definition) is 1. The fraction of sp³-hybridized carbons (Fsp3) is 0.200. The minimum atomic E-state index is 0.481. The second kappa shape index (κ2) is 5.13. The molecule has 0 radical (unpaired) electrons. The molecule has 0 saturated heterocycles. The van der Waals surface area contributed by atoms with Gasteiger partial charge in [-0.05, 0) is 36.2 Å². The molecule has 0 saturated carbocycles. The van der Waals surface area contributed by atoms with Crippen LogP contribution in [-0.4, -0.2) is 14.5 Å². The average Bonchev–Trinajstić information content (AvgIpc) is 2.76. The molecule has 5 heteroatoms. The molecule has 2 N–H and O–H groups in total. The van der Waals surface area contributed by atoms with E-state index in [0.29, 0.717) is 17.5 Å². The SMILES string of the molecule is CCc1cccnc1Cn1c(N)nc2ccc(Cl)cc21. The number of fused-ring (bicyclic) bond motifs is 1. The Bertz CT molecular complexity index is 764. The number of nitrogens with zero attached hydrogens (tertiary/aromatic N) is 3. The van der Waals surface area contributed by atoms with Gasteiger partial charge in [0.15, 0.2) is 0 Å². The maximum absolute atomic E-state index is 6.06. The van der Waals surface area contributed by atoms with Gasteiger partial charge in [-0.2, -0.15) is 0 Å². The number of anilines is 1. The van der Waals surface area contributed by atoms with Gasteiger partial charge in [0.2, 0.25) is 5.95 Å². The fourth-order valence-electron chi connectivity index (χ4n) is 2.37. The van der Waals surface area contributed by atoms with Crippen LogP contribution in [0.5, 0.6) is 0 Å². The highest BCUT2D eigenvalue weighted by Gasteiger charge is 2.11. The Morgan fingerprint density at radius 2 is 2.15 bits per heavy atom. The molecule has 0 unspecified atom stereocenters. The second-order valence-electron chi connectivity index (χ2n) is 4.65. The van der Waals surface area contributed by atoms with Gasteiger partial charge in [-0.3, -0.25) is 4.98 Å². The fourth-order valence-corrected chi connectivity index (χ4v) is 2.53. The predicted molar refractivity (Wildman–Crippen MR) is 81.9 cm³/mol. The third-order valence-corrected chi connectivity index (χ3v) is 3.65. The van der Waals surface area contributed by atoms with E-state index in [1.54, 1.807) is 6.20 Å². The van der Waals surface area contributed by atoms with Gasteiger partial charge in [0.1, 0.15) is 0 Å². The summed E-state index contributed by atoms with van der Waals surface area (Å²) in [5.74, 6) is 0.481. The minimum Gasteiger partial charge on any atom is -0.369 e. The zero-order valence-electron chi connectivity index (χ0n) is 11.2. The molecule has 0 bridgehead atoms. The van der Waals surface area contributed by atoms with Crippen LogP contribution < -0.4 is 5.73 Å². The normalized spacial score (nSPS) is 11.1. The summed E-state index contributed by atoms with van der Waals surface area (Å²) in [4.78, 5) is 8.82. The van der Waals surface area contributed by atoms with Crippen molar-refractivity contribution < 1.29 is 0 Å². The summed E-state index contributed by atoms with van der Waals surface area (Å²) in [7, 11) is 0. The molecule has 3 rings (SSSR count). The van der Waals surface area contributed by atoms with Crippen LogP contribution in [0.25, 0.3) is 11.0 Å². The summed E-state index contributed by atoms with van der Waals surface area (Å²) in [5, 5.41) is 0.676. The van der Waals surface area contributed by atoms with Crippen LogP contribution in [0.3, 0.4) is 0 Å². The second-order valence-corrected chi connectivity index (χ2v) is 5.09. The maximum atomic E-state index is 6.06. The standard InChI is InChI=1S/C15H15ClN4/c1-2-10-4-3-7-18-13(10)9-20-14-8-11(16)5-6-12(14)19-15(20)17/h3-8H,2,9H2,1H3,(H2,17,19). The molecule has 1 aromatic carbocycles. The molecule has 4 nitrogen and oxygen atoms in total. The number of rotatable bonds is 3. The summed E-state index contributed by atoms with van der Waals surface area (Å²) in [6.07, 6.45) is 2.74. The van der Waals surface area contributed by atoms with E-state index in [0.717, 1.165) is 23.1 Å². The average molecular weight is 287 g/mol. The van der Waals surface area contributed by atoms with E-state index < -0.39 is 0 Å². The zero-order valence-corrected chi connectivity index (χ0v) is 11.9. The Morgan fingerprint density at radius 3 is 2.95 bits per heavy atom. The van der Waals surface area contributed by atoms with Crippen LogP contribution in [0, 0.1) is 0 Å². The molecule has 0 spiro atoms. The topological polar surface area (TPSA) is 56.7 Å². The molecular formula is C15H15ClN4. The molecule has 3 aromatic rings. The highest BCUT2D eigenvalue weighted by Crippen LogP contribution is 2.23. The molecule has 0 aliphatic rings. The van der Waals surface area contributed by atoms with Gasteiger partial charge in [-0.15, -0.1) is 0 Å². The minimum absolute atomic E-state index is 0.481. The van der Waals surface area contributed by atoms with Gasteiger partial charge in [0.25, 0.3) is 0 Å². The summed E-state index contributed by atoms with van der Waals surface area (Å²) in [6.45, 7) is 2.72. The van der Waals surface area contributed by atoms with E-state index in [-0.39, 0.29) is 0 Å². The van der Waals surface area contributed by atoms with Crippen molar-refractivity contribution in [1.29, 1.82) is 0 Å². The van der Waals surface area contributed by atoms with E-state index in [2.05, 4.69) is 23.0 Å². The van der Waals surface area contributed by atoms with Gasteiger partial charge in [-0.1, -0.05) is 24.6 Å². The first-order chi connectivity index (χ1) is 9.69. The number of hydrogen-bond acceptors (Lipinski definition) is 3. The number of aryl methyl sites for hydroxylation is 1. The van der Waals surface area contributed by atoms with E-state index in [1.165, 1.54) is 5.56 Å². The maximum Gasteiger partial charge on any atom is 0.201 e. The van der Waals surface area contributed by atoms with Crippen molar-refractivity contribution >= 4 is 28.6 Å². The Kier molecular flexibility index (Phi) is 3.32. The number of benzene rings is 1. The summed E-state index contributed by atoms with van der Waals surface area (Å²) in [5.41, 5.74) is 10.0. The molecule has 102 valence electrons. The molecular weight excluding hydrogens is 272 g/mol. The van der Waals surface area contributed by atoms with E-state index >= 15 is 0 Å². The summed E-state index contributed by atoms with van der Waals surface area (Å²) < 4.78 is 1.95. The first-order valence-electron chi connectivity index (χ1n) is 6.53. The van der Waals surface area contributed by atoms with E-state index in [9.17, 15) is 0 Å². The van der Waals surface area contributed by atoms with Crippen LogP contribution in [0.15, 0.2) is 36.5 Å². The van der Waals surface area contributed by atoms with Crippen molar-refractivity contribution in [2.75, 3.05) is 5.73 Å². The number of nitrogen functional groups attached to an aromatic ring is 1. The number of imidazole rings is 1. The summed E-state index contributed by atoms with van der Waals surface area (Å²) >= 11 is 6.06. The molecule has 0 aliphatic carbocycles. The number of aromatic nitrogens is 3. The third-order valence-electron chi connectivity index (χ3n) is 3.41. The van der Waals surface area contributed by atoms with E-state index in [1.807, 2.05) is 28.8 Å². The third kappa shape index (κ3) is 2.23. The molecule has 20 heavy (non-hydrogen) atoms. The van der Waals surface area contributed by atoms with Crippen molar-refractivity contribution in [1.82, 2.24) is 14.5 Å². The smallest absolute Gasteiger partial charge is 0.201 e. The first kappa shape index (κ1) is 12.9. The van der Waals surface area contributed by atoms with Crippen molar-refractivity contribution in [3.8, 4) is 0 Å².